The van der Waals surface area contributed by atoms with E-state index >= 15 is 0 Å². The minimum absolute atomic E-state index is 0.0205. The van der Waals surface area contributed by atoms with Gasteiger partial charge in [0.25, 0.3) is 11.6 Å². The topological polar surface area (TPSA) is 88.5 Å². The van der Waals surface area contributed by atoms with Gasteiger partial charge in [-0.1, -0.05) is 18.2 Å². The van der Waals surface area contributed by atoms with Crippen LogP contribution in [0.1, 0.15) is 33.2 Å². The van der Waals surface area contributed by atoms with Crippen LogP contribution in [-0.4, -0.2) is 34.4 Å². The number of carbonyl (C=O) groups is 1. The van der Waals surface area contributed by atoms with Crippen LogP contribution in [0.15, 0.2) is 72.8 Å². The number of benzene rings is 3. The van der Waals surface area contributed by atoms with Crippen LogP contribution < -0.4 is 4.74 Å². The lowest BCUT2D eigenvalue weighted by Gasteiger charge is -2.36. The van der Waals surface area contributed by atoms with E-state index in [2.05, 4.69) is 4.98 Å². The molecular formula is C25H21N3O4. The van der Waals surface area contributed by atoms with Gasteiger partial charge in [0.15, 0.2) is 0 Å². The number of H-pyrrole nitrogens is 1. The van der Waals surface area contributed by atoms with Crippen molar-refractivity contribution in [3.63, 3.8) is 0 Å². The molecule has 1 aliphatic heterocycles. The molecular weight excluding hydrogens is 406 g/mol. The normalized spacial score (nSPS) is 15.4. The van der Waals surface area contributed by atoms with Gasteiger partial charge in [-0.25, -0.2) is 0 Å². The lowest BCUT2D eigenvalue weighted by atomic mass is 9.91. The third-order valence-electron chi connectivity index (χ3n) is 6.04. The number of rotatable bonds is 4. The second-order valence-electron chi connectivity index (χ2n) is 7.79. The van der Waals surface area contributed by atoms with Crippen molar-refractivity contribution in [3.05, 3.63) is 105 Å². The minimum atomic E-state index is -0.418. The maximum absolute atomic E-state index is 13.5. The molecule has 0 radical (unpaired) electrons. The maximum atomic E-state index is 13.5. The molecule has 1 N–H and O–H groups in total. The second-order valence-corrected chi connectivity index (χ2v) is 7.79. The highest BCUT2D eigenvalue weighted by Crippen LogP contribution is 2.40. The van der Waals surface area contributed by atoms with Gasteiger partial charge in [0.05, 0.1) is 18.1 Å². The highest BCUT2D eigenvalue weighted by atomic mass is 16.6. The van der Waals surface area contributed by atoms with E-state index in [-0.39, 0.29) is 17.6 Å². The molecule has 2 heterocycles. The van der Waals surface area contributed by atoms with Gasteiger partial charge in [0, 0.05) is 40.8 Å². The van der Waals surface area contributed by atoms with Gasteiger partial charge in [-0.15, -0.1) is 0 Å². The second kappa shape index (κ2) is 7.85. The molecule has 1 aliphatic rings. The number of hydrogen-bond acceptors (Lipinski definition) is 4. The van der Waals surface area contributed by atoms with Crippen molar-refractivity contribution in [1.29, 1.82) is 0 Å². The van der Waals surface area contributed by atoms with Gasteiger partial charge in [-0.2, -0.15) is 0 Å². The van der Waals surface area contributed by atoms with Crippen LogP contribution in [0.3, 0.4) is 0 Å². The zero-order valence-electron chi connectivity index (χ0n) is 17.4. The molecule has 0 spiro atoms. The summed E-state index contributed by atoms with van der Waals surface area (Å²) in [6, 6.07) is 21.1. The molecule has 1 amide bonds. The van der Waals surface area contributed by atoms with Gasteiger partial charge in [-0.05, 0) is 60.0 Å². The number of fused-ring (bicyclic) bond motifs is 3. The summed E-state index contributed by atoms with van der Waals surface area (Å²) >= 11 is 0. The number of amides is 1. The zero-order chi connectivity index (χ0) is 22.2. The van der Waals surface area contributed by atoms with Crippen molar-refractivity contribution < 1.29 is 14.5 Å². The lowest BCUT2D eigenvalue weighted by Crippen LogP contribution is -2.40. The molecule has 32 heavy (non-hydrogen) atoms. The average molecular weight is 427 g/mol. The van der Waals surface area contributed by atoms with E-state index in [9.17, 15) is 14.9 Å². The molecule has 7 heteroatoms. The molecule has 0 bridgehead atoms. The highest BCUT2D eigenvalue weighted by Gasteiger charge is 2.35. The summed E-state index contributed by atoms with van der Waals surface area (Å²) in [6.45, 7) is 0.534. The quantitative estimate of drug-likeness (QED) is 0.372. The van der Waals surface area contributed by atoms with Gasteiger partial charge in [0.2, 0.25) is 0 Å². The van der Waals surface area contributed by atoms with Crippen LogP contribution in [0.2, 0.25) is 0 Å². The van der Waals surface area contributed by atoms with Crippen molar-refractivity contribution in [2.75, 3.05) is 13.7 Å². The number of nitro groups is 1. The van der Waals surface area contributed by atoms with Crippen molar-refractivity contribution >= 4 is 22.5 Å². The van der Waals surface area contributed by atoms with Crippen LogP contribution in [0.4, 0.5) is 5.69 Å². The average Bonchev–Trinajstić information content (AvgIpc) is 3.21. The fourth-order valence-corrected chi connectivity index (χ4v) is 4.48. The van der Waals surface area contributed by atoms with Crippen LogP contribution in [0, 0.1) is 10.1 Å². The van der Waals surface area contributed by atoms with Crippen LogP contribution in [0.25, 0.3) is 10.9 Å². The minimum Gasteiger partial charge on any atom is -0.497 e. The first-order valence-electron chi connectivity index (χ1n) is 10.4. The molecule has 1 atom stereocenters. The first-order chi connectivity index (χ1) is 15.6. The Morgan fingerprint density at radius 3 is 2.53 bits per heavy atom. The molecule has 1 aromatic heterocycles. The summed E-state index contributed by atoms with van der Waals surface area (Å²) in [6.07, 6.45) is 0.699. The number of nitrogens with one attached hydrogen (secondary N) is 1. The van der Waals surface area contributed by atoms with Gasteiger partial charge < -0.3 is 14.6 Å². The monoisotopic (exact) mass is 427 g/mol. The SMILES string of the molecule is COc1ccc2[nH]c3c(c2c1)CCN(C(=O)c1ccccc1)C3c1ccc([N+](=O)[O-])cc1. The smallest absolute Gasteiger partial charge is 0.269 e. The number of nitro benzene ring substituents is 1. The van der Waals surface area contributed by atoms with Crippen molar-refractivity contribution in [2.24, 2.45) is 0 Å². The summed E-state index contributed by atoms with van der Waals surface area (Å²) in [5, 5.41) is 12.2. The molecule has 3 aromatic carbocycles. The first kappa shape index (κ1) is 19.8. The maximum Gasteiger partial charge on any atom is 0.269 e. The predicted octanol–water partition coefficient (Wildman–Crippen LogP) is 4.87. The number of non-ortho nitro benzene ring substituents is 1. The number of methoxy groups -OCH3 is 1. The van der Waals surface area contributed by atoms with Crippen molar-refractivity contribution in [1.82, 2.24) is 9.88 Å². The lowest BCUT2D eigenvalue weighted by molar-refractivity contribution is -0.384. The third kappa shape index (κ3) is 3.28. The van der Waals surface area contributed by atoms with Crippen molar-refractivity contribution in [3.8, 4) is 5.75 Å². The number of aromatic amines is 1. The zero-order valence-corrected chi connectivity index (χ0v) is 17.4. The van der Waals surface area contributed by atoms with E-state index in [0.717, 1.165) is 33.5 Å². The first-order valence-corrected chi connectivity index (χ1v) is 10.4. The molecule has 0 fully saturated rings. The fraction of sp³-hybridized carbons (Fsp3) is 0.160. The van der Waals surface area contributed by atoms with E-state index < -0.39 is 4.92 Å². The molecule has 0 saturated heterocycles. The molecule has 1 unspecified atom stereocenters. The van der Waals surface area contributed by atoms with Crippen molar-refractivity contribution in [2.45, 2.75) is 12.5 Å². The number of carbonyl (C=O) groups excluding carboxylic acids is 1. The van der Waals surface area contributed by atoms with Crippen LogP contribution >= 0.6 is 0 Å². The predicted molar refractivity (Wildman–Crippen MR) is 121 cm³/mol. The molecule has 0 aliphatic carbocycles. The van der Waals surface area contributed by atoms with E-state index in [1.165, 1.54) is 12.1 Å². The molecule has 4 aromatic rings. The van der Waals surface area contributed by atoms with Gasteiger partial charge in [-0.3, -0.25) is 14.9 Å². The van der Waals surface area contributed by atoms with E-state index in [1.807, 2.05) is 41.3 Å². The van der Waals surface area contributed by atoms with Gasteiger partial charge in [0.1, 0.15) is 5.75 Å². The number of aromatic nitrogens is 1. The fourth-order valence-electron chi connectivity index (χ4n) is 4.48. The molecule has 5 rings (SSSR count). The Morgan fingerprint density at radius 2 is 1.84 bits per heavy atom. The van der Waals surface area contributed by atoms with E-state index in [4.69, 9.17) is 4.74 Å². The summed E-state index contributed by atoms with van der Waals surface area (Å²) in [7, 11) is 1.64. The Kier molecular flexibility index (Phi) is 4.86. The largest absolute Gasteiger partial charge is 0.497 e. The van der Waals surface area contributed by atoms with E-state index in [0.29, 0.717) is 18.5 Å². The Labute approximate surface area is 184 Å². The van der Waals surface area contributed by atoms with Crippen LogP contribution in [0.5, 0.6) is 5.75 Å². The molecule has 160 valence electrons. The summed E-state index contributed by atoms with van der Waals surface area (Å²) in [4.78, 5) is 29.5. The van der Waals surface area contributed by atoms with Crippen LogP contribution in [-0.2, 0) is 6.42 Å². The standard InChI is InChI=1S/C25H21N3O4/c1-32-19-11-12-22-21(15-19)20-13-14-27(25(29)17-5-3-2-4-6-17)24(23(20)26-22)16-7-9-18(10-8-16)28(30)31/h2-12,15,24,26H,13-14H2,1H3. The Hall–Kier alpha value is -4.13. The number of hydrogen-bond donors (Lipinski definition) is 1. The highest BCUT2D eigenvalue weighted by molar-refractivity contribution is 5.95. The summed E-state index contributed by atoms with van der Waals surface area (Å²) in [5.41, 5.74) is 4.49. The summed E-state index contributed by atoms with van der Waals surface area (Å²) in [5.74, 6) is 0.699. The van der Waals surface area contributed by atoms with E-state index in [1.54, 1.807) is 31.4 Å². The Morgan fingerprint density at radius 1 is 1.09 bits per heavy atom. The molecule has 7 nitrogen and oxygen atoms in total. The Balaban J connectivity index is 1.66. The molecule has 0 saturated carbocycles. The summed E-state index contributed by atoms with van der Waals surface area (Å²) < 4.78 is 5.40. The number of nitrogens with zero attached hydrogens (tertiary/aromatic N) is 2. The third-order valence-corrected chi connectivity index (χ3v) is 6.04. The Bertz CT molecular complexity index is 1310. The van der Waals surface area contributed by atoms with Gasteiger partial charge >= 0.3 is 0 Å². The number of ether oxygens (including phenoxy) is 1.